The van der Waals surface area contributed by atoms with Crippen LogP contribution in [-0.2, 0) is 17.8 Å². The highest BCUT2D eigenvalue weighted by molar-refractivity contribution is 5.76. The molecule has 1 amide bonds. The summed E-state index contributed by atoms with van der Waals surface area (Å²) < 4.78 is 15.0. The van der Waals surface area contributed by atoms with E-state index in [1.165, 1.54) is 12.1 Å². The van der Waals surface area contributed by atoms with Crippen LogP contribution < -0.4 is 0 Å². The van der Waals surface area contributed by atoms with Crippen molar-refractivity contribution in [1.29, 1.82) is 0 Å². The quantitative estimate of drug-likeness (QED) is 0.712. The van der Waals surface area contributed by atoms with Crippen LogP contribution in [0.3, 0.4) is 0 Å². The molecule has 0 fully saturated rings. The van der Waals surface area contributed by atoms with Gasteiger partial charge in [0.25, 0.3) is 0 Å². The summed E-state index contributed by atoms with van der Waals surface area (Å²) in [4.78, 5) is 14.3. The Morgan fingerprint density at radius 2 is 2.17 bits per heavy atom. The number of rotatable bonds is 9. The highest BCUT2D eigenvalue weighted by Crippen LogP contribution is 2.07. The van der Waals surface area contributed by atoms with Gasteiger partial charge in [0.15, 0.2) is 0 Å². The smallest absolute Gasteiger partial charge is 0.222 e. The van der Waals surface area contributed by atoms with Gasteiger partial charge in [0.05, 0.1) is 0 Å². The number of nitrogens with zero attached hydrogens (tertiary/aromatic N) is 3. The molecule has 1 heterocycles. The zero-order valence-electron chi connectivity index (χ0n) is 13.6. The molecule has 0 aliphatic carbocycles. The van der Waals surface area contributed by atoms with Gasteiger partial charge in [-0.25, -0.2) is 4.39 Å². The topological polar surface area (TPSA) is 38.1 Å². The molecule has 0 bridgehead atoms. The number of aryl methyl sites for hydroxylation is 1. The number of hydrogen-bond donors (Lipinski definition) is 0. The number of carbonyl (C=O) groups excluding carboxylic acids is 1. The molecule has 0 saturated heterocycles. The van der Waals surface area contributed by atoms with E-state index in [4.69, 9.17) is 0 Å². The Labute approximate surface area is 136 Å². The third-order valence-corrected chi connectivity index (χ3v) is 3.74. The molecular weight excluding hydrogens is 293 g/mol. The van der Waals surface area contributed by atoms with E-state index < -0.39 is 0 Å². The number of benzene rings is 1. The van der Waals surface area contributed by atoms with E-state index in [0.29, 0.717) is 19.4 Å². The first-order valence-corrected chi connectivity index (χ1v) is 8.18. The molecule has 2 aromatic rings. The fourth-order valence-electron chi connectivity index (χ4n) is 2.57. The van der Waals surface area contributed by atoms with Crippen LogP contribution in [0.4, 0.5) is 4.39 Å². The van der Waals surface area contributed by atoms with E-state index >= 15 is 0 Å². The predicted octanol–water partition coefficient (Wildman–Crippen LogP) is 3.28. The molecule has 0 aliphatic heterocycles. The normalized spacial score (nSPS) is 10.7. The molecule has 5 heteroatoms. The van der Waals surface area contributed by atoms with Gasteiger partial charge >= 0.3 is 0 Å². The van der Waals surface area contributed by atoms with E-state index in [0.717, 1.165) is 31.5 Å². The minimum atomic E-state index is -0.227. The Balaban J connectivity index is 1.80. The maximum Gasteiger partial charge on any atom is 0.222 e. The molecule has 0 atom stereocenters. The first kappa shape index (κ1) is 17.2. The minimum Gasteiger partial charge on any atom is -0.342 e. The number of halogens is 1. The van der Waals surface area contributed by atoms with Crippen molar-refractivity contribution >= 4 is 5.91 Å². The van der Waals surface area contributed by atoms with Crippen LogP contribution >= 0.6 is 0 Å². The van der Waals surface area contributed by atoms with Crippen molar-refractivity contribution in [3.63, 3.8) is 0 Å². The second-order valence-electron chi connectivity index (χ2n) is 5.63. The minimum absolute atomic E-state index is 0.162. The highest BCUT2D eigenvalue weighted by Gasteiger charge is 2.12. The van der Waals surface area contributed by atoms with Gasteiger partial charge in [-0.3, -0.25) is 9.48 Å². The van der Waals surface area contributed by atoms with Crippen LogP contribution in [0.5, 0.6) is 0 Å². The number of carbonyl (C=O) groups is 1. The van der Waals surface area contributed by atoms with Crippen molar-refractivity contribution in [2.45, 2.75) is 39.2 Å². The van der Waals surface area contributed by atoms with Crippen molar-refractivity contribution in [3.8, 4) is 0 Å². The lowest BCUT2D eigenvalue weighted by atomic mass is 10.1. The lowest BCUT2D eigenvalue weighted by Gasteiger charge is -2.22. The van der Waals surface area contributed by atoms with E-state index in [9.17, 15) is 9.18 Å². The second kappa shape index (κ2) is 9.08. The van der Waals surface area contributed by atoms with E-state index in [1.54, 1.807) is 12.3 Å². The molecule has 1 aromatic carbocycles. The molecule has 0 radical (unpaired) electrons. The fourth-order valence-corrected chi connectivity index (χ4v) is 2.57. The molecule has 0 unspecified atom stereocenters. The van der Waals surface area contributed by atoms with Gasteiger partial charge in [-0.2, -0.15) is 5.10 Å². The zero-order valence-corrected chi connectivity index (χ0v) is 13.6. The average Bonchev–Trinajstić information content (AvgIpc) is 3.04. The van der Waals surface area contributed by atoms with Gasteiger partial charge in [0.1, 0.15) is 5.82 Å². The van der Waals surface area contributed by atoms with Gasteiger partial charge in [-0.1, -0.05) is 19.1 Å². The Kier molecular flexibility index (Phi) is 6.78. The van der Waals surface area contributed by atoms with Gasteiger partial charge in [0, 0.05) is 38.4 Å². The van der Waals surface area contributed by atoms with E-state index in [-0.39, 0.29) is 11.7 Å². The molecule has 1 aromatic heterocycles. The zero-order chi connectivity index (χ0) is 16.5. The Morgan fingerprint density at radius 3 is 2.87 bits per heavy atom. The van der Waals surface area contributed by atoms with Crippen LogP contribution in [0, 0.1) is 5.82 Å². The van der Waals surface area contributed by atoms with Crippen molar-refractivity contribution in [2.75, 3.05) is 13.1 Å². The molecule has 0 spiro atoms. The SMILES string of the molecule is CCCN(CCc1cccc(F)c1)C(=O)CCCn1cccn1. The fraction of sp³-hybridized carbons (Fsp3) is 0.444. The van der Waals surface area contributed by atoms with Gasteiger partial charge < -0.3 is 4.90 Å². The number of aromatic nitrogens is 2. The van der Waals surface area contributed by atoms with E-state index in [1.807, 2.05) is 27.9 Å². The second-order valence-corrected chi connectivity index (χ2v) is 5.63. The molecule has 0 aliphatic rings. The molecule has 23 heavy (non-hydrogen) atoms. The predicted molar refractivity (Wildman–Crippen MR) is 88.4 cm³/mol. The van der Waals surface area contributed by atoms with Crippen LogP contribution in [0.1, 0.15) is 31.7 Å². The lowest BCUT2D eigenvalue weighted by molar-refractivity contribution is -0.131. The Morgan fingerprint density at radius 1 is 1.30 bits per heavy atom. The van der Waals surface area contributed by atoms with Crippen LogP contribution in [0.2, 0.25) is 0 Å². The summed E-state index contributed by atoms with van der Waals surface area (Å²) in [5.74, 6) is -0.0644. The summed E-state index contributed by atoms with van der Waals surface area (Å²) in [7, 11) is 0. The van der Waals surface area contributed by atoms with Crippen LogP contribution in [0.25, 0.3) is 0 Å². The van der Waals surface area contributed by atoms with Crippen molar-refractivity contribution < 1.29 is 9.18 Å². The van der Waals surface area contributed by atoms with Gasteiger partial charge in [0.2, 0.25) is 5.91 Å². The van der Waals surface area contributed by atoms with Crippen LogP contribution in [-0.4, -0.2) is 33.7 Å². The lowest BCUT2D eigenvalue weighted by Crippen LogP contribution is -2.33. The molecule has 124 valence electrons. The summed E-state index contributed by atoms with van der Waals surface area (Å²) in [6.45, 7) is 4.20. The Bertz CT molecular complexity index is 598. The first-order chi connectivity index (χ1) is 11.2. The van der Waals surface area contributed by atoms with Gasteiger partial charge in [-0.15, -0.1) is 0 Å². The molecule has 2 rings (SSSR count). The summed E-state index contributed by atoms with van der Waals surface area (Å²) in [6, 6.07) is 8.46. The largest absolute Gasteiger partial charge is 0.342 e. The van der Waals surface area contributed by atoms with Gasteiger partial charge in [-0.05, 0) is 43.0 Å². The summed E-state index contributed by atoms with van der Waals surface area (Å²) in [6.07, 6.45) is 6.54. The van der Waals surface area contributed by atoms with Crippen molar-refractivity contribution in [3.05, 3.63) is 54.1 Å². The summed E-state index contributed by atoms with van der Waals surface area (Å²) in [5.41, 5.74) is 0.926. The maximum atomic E-state index is 13.2. The van der Waals surface area contributed by atoms with Crippen LogP contribution in [0.15, 0.2) is 42.7 Å². The van der Waals surface area contributed by atoms with E-state index in [2.05, 4.69) is 12.0 Å². The highest BCUT2D eigenvalue weighted by atomic mass is 19.1. The maximum absolute atomic E-state index is 13.2. The molecule has 4 nitrogen and oxygen atoms in total. The summed E-state index contributed by atoms with van der Waals surface area (Å²) in [5, 5.41) is 4.13. The molecule has 0 N–H and O–H groups in total. The molecular formula is C18H24FN3O. The average molecular weight is 317 g/mol. The van der Waals surface area contributed by atoms with Crippen molar-refractivity contribution in [1.82, 2.24) is 14.7 Å². The first-order valence-electron chi connectivity index (χ1n) is 8.18. The number of amides is 1. The standard InChI is InChI=1S/C18H24FN3O/c1-2-11-21(14-9-16-6-3-7-17(19)15-16)18(23)8-4-12-22-13-5-10-20-22/h3,5-7,10,13,15H,2,4,8-9,11-12,14H2,1H3. The third kappa shape index (κ3) is 5.85. The Hall–Kier alpha value is -2.17. The van der Waals surface area contributed by atoms with Crippen molar-refractivity contribution in [2.24, 2.45) is 0 Å². The monoisotopic (exact) mass is 317 g/mol. The third-order valence-electron chi connectivity index (χ3n) is 3.74. The summed E-state index contributed by atoms with van der Waals surface area (Å²) >= 11 is 0. The number of hydrogen-bond acceptors (Lipinski definition) is 2. The molecule has 0 saturated carbocycles.